The van der Waals surface area contributed by atoms with E-state index < -0.39 is 0 Å². The van der Waals surface area contributed by atoms with Gasteiger partial charge in [0.2, 0.25) is 5.91 Å². The number of rotatable bonds is 6. The van der Waals surface area contributed by atoms with Crippen LogP contribution < -0.4 is 15.5 Å². The number of benzene rings is 4. The van der Waals surface area contributed by atoms with Crippen molar-refractivity contribution in [3.05, 3.63) is 102 Å². The molecule has 184 valence electrons. The van der Waals surface area contributed by atoms with E-state index in [9.17, 15) is 4.79 Å². The maximum absolute atomic E-state index is 13.1. The number of nitrogens with one attached hydrogen (secondary N) is 1. The summed E-state index contributed by atoms with van der Waals surface area (Å²) >= 11 is 0. The third-order valence-electron chi connectivity index (χ3n) is 6.88. The van der Waals surface area contributed by atoms with Gasteiger partial charge in [0.05, 0.1) is 0 Å². The number of nitrogen functional groups attached to an aromatic ring is 1. The summed E-state index contributed by atoms with van der Waals surface area (Å²) in [6.07, 6.45) is 3.07. The van der Waals surface area contributed by atoms with Crippen LogP contribution in [0.3, 0.4) is 0 Å². The number of carbonyl (C=O) groups excluding carboxylic acids is 1. The van der Waals surface area contributed by atoms with Gasteiger partial charge in [-0.25, -0.2) is 0 Å². The molecule has 1 amide bonds. The molecule has 36 heavy (non-hydrogen) atoms. The van der Waals surface area contributed by atoms with Gasteiger partial charge in [0, 0.05) is 42.6 Å². The first-order valence-electron chi connectivity index (χ1n) is 12.1. The molecule has 4 aromatic rings. The topological polar surface area (TPSA) is 73.4 Å². The van der Waals surface area contributed by atoms with Crippen LogP contribution in [-0.4, -0.2) is 25.3 Å². The minimum Gasteiger partial charge on any atom is -0.384 e. The van der Waals surface area contributed by atoms with Crippen molar-refractivity contribution in [3.8, 4) is 0 Å². The SMILES string of the molecule is CN(c1ccc2c(c1)CCCN2C(=O)CCc1ccc(C(=N)N)cc1)c1ccc2ccccc2c1.Cl. The van der Waals surface area contributed by atoms with Gasteiger partial charge >= 0.3 is 0 Å². The highest BCUT2D eigenvalue weighted by molar-refractivity contribution is 5.96. The van der Waals surface area contributed by atoms with Gasteiger partial charge in [0.25, 0.3) is 0 Å². The van der Waals surface area contributed by atoms with Crippen molar-refractivity contribution >= 4 is 52.0 Å². The van der Waals surface area contributed by atoms with Crippen LogP contribution in [0.2, 0.25) is 0 Å². The molecular weight excluding hydrogens is 468 g/mol. The highest BCUT2D eigenvalue weighted by Crippen LogP contribution is 2.34. The quantitative estimate of drug-likeness (QED) is 0.244. The van der Waals surface area contributed by atoms with Crippen molar-refractivity contribution in [2.24, 2.45) is 5.73 Å². The lowest BCUT2D eigenvalue weighted by molar-refractivity contribution is -0.118. The second-order valence-electron chi connectivity index (χ2n) is 9.16. The van der Waals surface area contributed by atoms with E-state index in [1.807, 2.05) is 29.2 Å². The van der Waals surface area contributed by atoms with Crippen LogP contribution in [0.25, 0.3) is 10.8 Å². The number of fused-ring (bicyclic) bond motifs is 2. The summed E-state index contributed by atoms with van der Waals surface area (Å²) in [6.45, 7) is 0.759. The van der Waals surface area contributed by atoms with Gasteiger partial charge in [-0.15, -0.1) is 12.4 Å². The molecule has 0 aliphatic carbocycles. The van der Waals surface area contributed by atoms with Gasteiger partial charge in [0.15, 0.2) is 0 Å². The van der Waals surface area contributed by atoms with Gasteiger partial charge in [-0.2, -0.15) is 0 Å². The Morgan fingerprint density at radius 2 is 1.64 bits per heavy atom. The van der Waals surface area contributed by atoms with Crippen molar-refractivity contribution in [3.63, 3.8) is 0 Å². The van der Waals surface area contributed by atoms with Crippen molar-refractivity contribution in [1.82, 2.24) is 0 Å². The molecule has 0 bridgehead atoms. The van der Waals surface area contributed by atoms with E-state index in [4.69, 9.17) is 11.1 Å². The average molecular weight is 499 g/mol. The third kappa shape index (κ3) is 5.21. The van der Waals surface area contributed by atoms with Crippen LogP contribution in [0.5, 0.6) is 0 Å². The van der Waals surface area contributed by atoms with Crippen LogP contribution in [-0.2, 0) is 17.6 Å². The van der Waals surface area contributed by atoms with E-state index in [2.05, 4.69) is 72.6 Å². The summed E-state index contributed by atoms with van der Waals surface area (Å²) in [7, 11) is 2.09. The monoisotopic (exact) mass is 498 g/mol. The molecule has 4 aromatic carbocycles. The first-order chi connectivity index (χ1) is 17.0. The molecule has 0 saturated carbocycles. The van der Waals surface area contributed by atoms with Crippen LogP contribution in [0.15, 0.2) is 84.9 Å². The van der Waals surface area contributed by atoms with Crippen LogP contribution >= 0.6 is 12.4 Å². The Bertz CT molecular complexity index is 1400. The molecule has 0 aromatic heterocycles. The first-order valence-corrected chi connectivity index (χ1v) is 12.1. The lowest BCUT2D eigenvalue weighted by Crippen LogP contribution is -2.35. The maximum Gasteiger partial charge on any atom is 0.227 e. The summed E-state index contributed by atoms with van der Waals surface area (Å²) in [4.78, 5) is 17.3. The van der Waals surface area contributed by atoms with Crippen LogP contribution in [0, 0.1) is 5.41 Å². The molecular formula is C30H31ClN4O. The van der Waals surface area contributed by atoms with E-state index in [-0.39, 0.29) is 24.1 Å². The van der Waals surface area contributed by atoms with Crippen molar-refractivity contribution in [2.45, 2.75) is 25.7 Å². The lowest BCUT2D eigenvalue weighted by atomic mass is 9.99. The van der Waals surface area contributed by atoms with Gasteiger partial charge in [0.1, 0.15) is 5.84 Å². The number of hydrogen-bond donors (Lipinski definition) is 2. The Balaban J connectivity index is 0.00000304. The summed E-state index contributed by atoms with van der Waals surface area (Å²) in [5.74, 6) is 0.209. The largest absolute Gasteiger partial charge is 0.384 e. The van der Waals surface area contributed by atoms with E-state index in [0.29, 0.717) is 18.4 Å². The van der Waals surface area contributed by atoms with E-state index in [0.717, 1.165) is 42.0 Å². The summed E-state index contributed by atoms with van der Waals surface area (Å²) in [5, 5.41) is 9.98. The molecule has 1 aliphatic rings. The number of halogens is 1. The van der Waals surface area contributed by atoms with E-state index in [1.54, 1.807) is 0 Å². The fraction of sp³-hybridized carbons (Fsp3) is 0.200. The molecule has 0 saturated heterocycles. The second kappa shape index (κ2) is 10.8. The maximum atomic E-state index is 13.1. The molecule has 5 nitrogen and oxygen atoms in total. The second-order valence-corrected chi connectivity index (χ2v) is 9.16. The number of nitrogens with two attached hydrogens (primary N) is 1. The molecule has 3 N–H and O–H groups in total. The Kier molecular flexibility index (Phi) is 7.61. The minimum atomic E-state index is 0. The zero-order valence-electron chi connectivity index (χ0n) is 20.4. The minimum absolute atomic E-state index is 0. The standard InChI is InChI=1S/C30H30N4O.ClH/c1-33(26-14-13-22-5-2-3-6-24(22)19-26)27-15-16-28-25(20-27)7-4-18-34(28)29(35)17-10-21-8-11-23(12-9-21)30(31)32;/h2-3,5-6,8-9,11-16,19-20H,4,7,10,17-18H2,1H3,(H3,31,32);1H. The number of amides is 1. The van der Waals surface area contributed by atoms with Gasteiger partial charge < -0.3 is 15.5 Å². The zero-order valence-corrected chi connectivity index (χ0v) is 21.2. The smallest absolute Gasteiger partial charge is 0.227 e. The molecule has 0 radical (unpaired) electrons. The third-order valence-corrected chi connectivity index (χ3v) is 6.88. The Morgan fingerprint density at radius 1 is 0.944 bits per heavy atom. The van der Waals surface area contributed by atoms with Crippen LogP contribution in [0.4, 0.5) is 17.1 Å². The lowest BCUT2D eigenvalue weighted by Gasteiger charge is -2.31. The summed E-state index contributed by atoms with van der Waals surface area (Å²) in [5.41, 5.74) is 11.8. The molecule has 0 atom stereocenters. The summed E-state index contributed by atoms with van der Waals surface area (Å²) in [6, 6.07) is 28.9. The molecule has 6 heteroatoms. The van der Waals surface area contributed by atoms with E-state index in [1.165, 1.54) is 16.3 Å². The van der Waals surface area contributed by atoms with E-state index >= 15 is 0 Å². The molecule has 0 spiro atoms. The highest BCUT2D eigenvalue weighted by Gasteiger charge is 2.23. The number of carbonyl (C=O) groups is 1. The predicted octanol–water partition coefficient (Wildman–Crippen LogP) is 6.23. The molecule has 1 heterocycles. The van der Waals surface area contributed by atoms with Gasteiger partial charge in [-0.1, -0.05) is 54.6 Å². The molecule has 0 fully saturated rings. The fourth-order valence-corrected chi connectivity index (χ4v) is 4.82. The predicted molar refractivity (Wildman–Crippen MR) is 152 cm³/mol. The number of amidine groups is 1. The number of anilines is 3. The first kappa shape index (κ1) is 25.3. The zero-order chi connectivity index (χ0) is 24.4. The molecule has 5 rings (SSSR count). The molecule has 0 unspecified atom stereocenters. The summed E-state index contributed by atoms with van der Waals surface area (Å²) < 4.78 is 0. The average Bonchev–Trinajstić information content (AvgIpc) is 2.90. The Morgan fingerprint density at radius 3 is 2.39 bits per heavy atom. The highest BCUT2D eigenvalue weighted by atomic mass is 35.5. The normalized spacial score (nSPS) is 12.5. The molecule has 1 aliphatic heterocycles. The van der Waals surface area contributed by atoms with Crippen LogP contribution in [0.1, 0.15) is 29.5 Å². The van der Waals surface area contributed by atoms with Crippen molar-refractivity contribution < 1.29 is 4.79 Å². The van der Waals surface area contributed by atoms with Crippen molar-refractivity contribution in [2.75, 3.05) is 23.4 Å². The van der Waals surface area contributed by atoms with Crippen molar-refractivity contribution in [1.29, 1.82) is 5.41 Å². The van der Waals surface area contributed by atoms with Gasteiger partial charge in [-0.05, 0) is 71.5 Å². The van der Waals surface area contributed by atoms with Gasteiger partial charge in [-0.3, -0.25) is 10.2 Å². The number of hydrogen-bond acceptors (Lipinski definition) is 3. The number of aryl methyl sites for hydroxylation is 2. The number of nitrogens with zero attached hydrogens (tertiary/aromatic N) is 2. The Labute approximate surface area is 218 Å². The fourth-order valence-electron chi connectivity index (χ4n) is 4.82. The Hall–Kier alpha value is -3.83.